The number of hydrazine groups is 1. The highest BCUT2D eigenvalue weighted by Gasteiger charge is 2.07. The van der Waals surface area contributed by atoms with Gasteiger partial charge in [-0.15, -0.1) is 0 Å². The van der Waals surface area contributed by atoms with Gasteiger partial charge in [-0.1, -0.05) is 0 Å². The summed E-state index contributed by atoms with van der Waals surface area (Å²) in [7, 11) is 0. The van der Waals surface area contributed by atoms with Crippen LogP contribution in [0.2, 0.25) is 0 Å². The Kier molecular flexibility index (Phi) is 7.91. The van der Waals surface area contributed by atoms with Crippen molar-refractivity contribution < 1.29 is 9.47 Å². The molecule has 0 aliphatic heterocycles. The highest BCUT2D eigenvalue weighted by molar-refractivity contribution is 7.80. The predicted octanol–water partition coefficient (Wildman–Crippen LogP) is -0.277. The molecule has 0 aromatic carbocycles. The van der Waals surface area contributed by atoms with Crippen LogP contribution in [-0.4, -0.2) is 31.2 Å². The molecule has 0 atom stereocenters. The van der Waals surface area contributed by atoms with E-state index >= 15 is 0 Å². The molecule has 0 aliphatic carbocycles. The summed E-state index contributed by atoms with van der Waals surface area (Å²) in [6.07, 6.45) is -0.277. The quantitative estimate of drug-likeness (QED) is 0.241. The summed E-state index contributed by atoms with van der Waals surface area (Å²) in [4.78, 5) is 0. The van der Waals surface area contributed by atoms with E-state index in [4.69, 9.17) is 27.5 Å². The summed E-state index contributed by atoms with van der Waals surface area (Å²) >= 11 is 4.78. The molecule has 0 fully saturated rings. The van der Waals surface area contributed by atoms with Crippen LogP contribution < -0.4 is 16.6 Å². The number of hydrogen-bond donors (Lipinski definition) is 3. The number of thiocarbonyl (C=S) groups is 1. The molecule has 0 unspecified atom stereocenters. The van der Waals surface area contributed by atoms with Crippen molar-refractivity contribution in [3.05, 3.63) is 0 Å². The highest BCUT2D eigenvalue weighted by Crippen LogP contribution is 1.92. The van der Waals surface area contributed by atoms with Gasteiger partial charge in [0, 0.05) is 13.2 Å². The molecule has 0 spiro atoms. The number of rotatable bonds is 6. The summed E-state index contributed by atoms with van der Waals surface area (Å²) in [6, 6.07) is 0. The van der Waals surface area contributed by atoms with Gasteiger partial charge in [-0.2, -0.15) is 0 Å². The van der Waals surface area contributed by atoms with E-state index in [9.17, 15) is 0 Å². The first-order chi connectivity index (χ1) is 6.24. The molecule has 0 bridgehead atoms. The lowest BCUT2D eigenvalue weighted by atomic mass is 10.6. The zero-order valence-corrected chi connectivity index (χ0v) is 8.82. The van der Waals surface area contributed by atoms with Gasteiger partial charge in [-0.3, -0.25) is 0 Å². The fourth-order valence-electron chi connectivity index (χ4n) is 0.765. The third kappa shape index (κ3) is 6.71. The average Bonchev–Trinajstić information content (AvgIpc) is 2.14. The molecule has 0 radical (unpaired) electrons. The molecule has 5 nitrogen and oxygen atoms in total. The molecule has 13 heavy (non-hydrogen) atoms. The smallest absolute Gasteiger partial charge is 0.180 e. The van der Waals surface area contributed by atoms with Gasteiger partial charge in [0.25, 0.3) is 0 Å². The first-order valence-corrected chi connectivity index (χ1v) is 4.63. The van der Waals surface area contributed by atoms with Gasteiger partial charge in [0.05, 0.1) is 6.54 Å². The third-order valence-corrected chi connectivity index (χ3v) is 1.53. The van der Waals surface area contributed by atoms with Crippen LogP contribution in [0.4, 0.5) is 0 Å². The van der Waals surface area contributed by atoms with E-state index in [-0.39, 0.29) is 6.29 Å². The van der Waals surface area contributed by atoms with E-state index in [1.165, 1.54) is 0 Å². The molecule has 0 heterocycles. The standard InChI is InChI=1S/C7H17N3O2S/c1-3-11-6(12-4-2)5-9-7(13)10-8/h6H,3-5,8H2,1-2H3,(H2,9,10,13). The predicted molar refractivity (Wildman–Crippen MR) is 55.0 cm³/mol. The fourth-order valence-corrected chi connectivity index (χ4v) is 0.848. The second kappa shape index (κ2) is 8.18. The fraction of sp³-hybridized carbons (Fsp3) is 0.857. The van der Waals surface area contributed by atoms with Crippen LogP contribution in [0, 0.1) is 0 Å². The van der Waals surface area contributed by atoms with Gasteiger partial charge in [-0.25, -0.2) is 5.84 Å². The Morgan fingerprint density at radius 2 is 1.92 bits per heavy atom. The summed E-state index contributed by atoms with van der Waals surface area (Å²) in [6.45, 7) is 5.52. The number of nitrogens with one attached hydrogen (secondary N) is 2. The van der Waals surface area contributed by atoms with Gasteiger partial charge in [0.15, 0.2) is 11.4 Å². The third-order valence-electron chi connectivity index (χ3n) is 1.27. The second-order valence-electron chi connectivity index (χ2n) is 2.19. The van der Waals surface area contributed by atoms with E-state index in [0.29, 0.717) is 24.9 Å². The van der Waals surface area contributed by atoms with E-state index < -0.39 is 0 Å². The van der Waals surface area contributed by atoms with E-state index in [2.05, 4.69) is 10.7 Å². The van der Waals surface area contributed by atoms with Gasteiger partial charge < -0.3 is 20.2 Å². The minimum absolute atomic E-state index is 0.277. The number of hydrogen-bond acceptors (Lipinski definition) is 4. The lowest BCUT2D eigenvalue weighted by molar-refractivity contribution is -0.131. The Balaban J connectivity index is 3.61. The van der Waals surface area contributed by atoms with Gasteiger partial charge in [0.1, 0.15) is 0 Å². The van der Waals surface area contributed by atoms with Crippen LogP contribution >= 0.6 is 12.2 Å². The van der Waals surface area contributed by atoms with Gasteiger partial charge in [-0.05, 0) is 26.1 Å². The normalized spacial score (nSPS) is 10.2. The zero-order valence-electron chi connectivity index (χ0n) is 8.00. The van der Waals surface area contributed by atoms with Crippen molar-refractivity contribution in [1.29, 1.82) is 0 Å². The van der Waals surface area contributed by atoms with Crippen molar-refractivity contribution in [2.24, 2.45) is 5.84 Å². The maximum atomic E-state index is 5.26. The average molecular weight is 207 g/mol. The Hall–Kier alpha value is -0.430. The lowest BCUT2D eigenvalue weighted by Crippen LogP contribution is -2.43. The molecule has 78 valence electrons. The molecule has 0 aromatic rings. The van der Waals surface area contributed by atoms with Crippen molar-refractivity contribution in [3.8, 4) is 0 Å². The maximum absolute atomic E-state index is 5.26. The molecular weight excluding hydrogens is 190 g/mol. The Labute approximate surface area is 83.9 Å². The van der Waals surface area contributed by atoms with Crippen LogP contribution in [0.25, 0.3) is 0 Å². The second-order valence-corrected chi connectivity index (χ2v) is 2.60. The number of ether oxygens (including phenoxy) is 2. The molecule has 0 amide bonds. The van der Waals surface area contributed by atoms with Crippen LogP contribution in [0.1, 0.15) is 13.8 Å². The summed E-state index contributed by atoms with van der Waals surface area (Å²) in [5.74, 6) is 5.07. The first kappa shape index (κ1) is 12.6. The van der Waals surface area contributed by atoms with Gasteiger partial charge in [0.2, 0.25) is 0 Å². The van der Waals surface area contributed by atoms with Crippen LogP contribution in [0.3, 0.4) is 0 Å². The largest absolute Gasteiger partial charge is 0.357 e. The Bertz CT molecular complexity index is 140. The molecule has 0 rings (SSSR count). The Morgan fingerprint density at radius 1 is 1.38 bits per heavy atom. The zero-order chi connectivity index (χ0) is 10.1. The number of nitrogens with two attached hydrogens (primary N) is 1. The molecule has 0 saturated carbocycles. The summed E-state index contributed by atoms with van der Waals surface area (Å²) in [5, 5.41) is 3.23. The molecule has 6 heteroatoms. The van der Waals surface area contributed by atoms with Gasteiger partial charge >= 0.3 is 0 Å². The van der Waals surface area contributed by atoms with Crippen LogP contribution in [0.5, 0.6) is 0 Å². The summed E-state index contributed by atoms with van der Waals surface area (Å²) < 4.78 is 10.5. The lowest BCUT2D eigenvalue weighted by Gasteiger charge is -2.17. The van der Waals surface area contributed by atoms with E-state index in [0.717, 1.165) is 0 Å². The molecule has 0 saturated heterocycles. The summed E-state index contributed by atoms with van der Waals surface area (Å²) in [5.41, 5.74) is 2.31. The van der Waals surface area contributed by atoms with Crippen LogP contribution in [-0.2, 0) is 9.47 Å². The topological polar surface area (TPSA) is 68.5 Å². The highest BCUT2D eigenvalue weighted by atomic mass is 32.1. The molecular formula is C7H17N3O2S. The molecule has 0 aromatic heterocycles. The van der Waals surface area contributed by atoms with Crippen molar-refractivity contribution in [2.45, 2.75) is 20.1 Å². The molecule has 0 aliphatic rings. The van der Waals surface area contributed by atoms with Crippen molar-refractivity contribution in [3.63, 3.8) is 0 Å². The van der Waals surface area contributed by atoms with Crippen LogP contribution in [0.15, 0.2) is 0 Å². The maximum Gasteiger partial charge on any atom is 0.180 e. The van der Waals surface area contributed by atoms with E-state index in [1.54, 1.807) is 0 Å². The molecule has 4 N–H and O–H groups in total. The minimum Gasteiger partial charge on any atom is -0.357 e. The van der Waals surface area contributed by atoms with Crippen molar-refractivity contribution >= 4 is 17.3 Å². The van der Waals surface area contributed by atoms with Crippen molar-refractivity contribution in [1.82, 2.24) is 10.7 Å². The monoisotopic (exact) mass is 207 g/mol. The Morgan fingerprint density at radius 3 is 2.31 bits per heavy atom. The van der Waals surface area contributed by atoms with Crippen molar-refractivity contribution in [2.75, 3.05) is 19.8 Å². The first-order valence-electron chi connectivity index (χ1n) is 4.22. The van der Waals surface area contributed by atoms with E-state index in [1.807, 2.05) is 13.8 Å². The SMILES string of the molecule is CCOC(CNC(=S)NN)OCC. The minimum atomic E-state index is -0.277.